The largest absolute Gasteiger partial charge is 0.361 e. The highest BCUT2D eigenvalue weighted by Crippen LogP contribution is 2.29. The number of nitrogens with zero attached hydrogens (tertiary/aromatic N) is 2. The van der Waals surface area contributed by atoms with Crippen LogP contribution in [0.5, 0.6) is 0 Å². The molecule has 3 rings (SSSR count). The fourth-order valence-electron chi connectivity index (χ4n) is 2.08. The van der Waals surface area contributed by atoms with Crippen LogP contribution in [0.2, 0.25) is 10.0 Å². The van der Waals surface area contributed by atoms with E-state index in [9.17, 15) is 0 Å². The Kier molecular flexibility index (Phi) is 3.73. The average molecular weight is 312 g/mol. The number of amidine groups is 1. The number of aromatic nitrogens is 1. The predicted molar refractivity (Wildman–Crippen MR) is 80.5 cm³/mol. The second kappa shape index (κ2) is 5.49. The monoisotopic (exact) mass is 311 g/mol. The fraction of sp³-hybridized carbons (Fsp3) is 0.231. The molecule has 98 valence electrons. The highest BCUT2D eigenvalue weighted by molar-refractivity contribution is 7.11. The number of aliphatic imine (C=N–C) groups is 1. The number of benzene rings is 1. The summed E-state index contributed by atoms with van der Waals surface area (Å²) in [4.78, 5) is 8.75. The number of halogens is 2. The van der Waals surface area contributed by atoms with Crippen LogP contribution in [0.3, 0.4) is 0 Å². The van der Waals surface area contributed by atoms with E-state index in [1.807, 2.05) is 17.5 Å². The Labute approximate surface area is 125 Å². The number of hydrogen-bond acceptors (Lipinski definition) is 4. The Morgan fingerprint density at radius 1 is 1.32 bits per heavy atom. The molecule has 0 saturated heterocycles. The summed E-state index contributed by atoms with van der Waals surface area (Å²) < 4.78 is 0. The molecule has 1 N–H and O–H groups in total. The first-order chi connectivity index (χ1) is 9.24. The quantitative estimate of drug-likeness (QED) is 0.912. The lowest BCUT2D eigenvalue weighted by Gasteiger charge is -2.25. The first-order valence-corrected chi connectivity index (χ1v) is 7.53. The predicted octanol–water partition coefficient (Wildman–Crippen LogP) is 3.93. The number of hydrogen-bond donors (Lipinski definition) is 1. The maximum absolute atomic E-state index is 6.26. The van der Waals surface area contributed by atoms with E-state index in [0.717, 1.165) is 29.4 Å². The average Bonchev–Trinajstić information content (AvgIpc) is 2.93. The molecule has 1 aliphatic rings. The van der Waals surface area contributed by atoms with Crippen molar-refractivity contribution in [2.75, 3.05) is 6.54 Å². The molecule has 0 unspecified atom stereocenters. The van der Waals surface area contributed by atoms with E-state index in [1.54, 1.807) is 23.6 Å². The van der Waals surface area contributed by atoms with E-state index in [-0.39, 0.29) is 6.04 Å². The van der Waals surface area contributed by atoms with Gasteiger partial charge in [0.15, 0.2) is 10.8 Å². The minimum atomic E-state index is 0.154. The highest BCUT2D eigenvalue weighted by Gasteiger charge is 2.21. The molecule has 0 fully saturated rings. The zero-order chi connectivity index (χ0) is 13.2. The first kappa shape index (κ1) is 12.9. The van der Waals surface area contributed by atoms with E-state index in [2.05, 4.69) is 15.3 Å². The van der Waals surface area contributed by atoms with Crippen molar-refractivity contribution in [3.8, 4) is 0 Å². The summed E-state index contributed by atoms with van der Waals surface area (Å²) in [6, 6.07) is 5.75. The Bertz CT molecular complexity index is 610. The van der Waals surface area contributed by atoms with Gasteiger partial charge in [-0.1, -0.05) is 29.3 Å². The van der Waals surface area contributed by atoms with Gasteiger partial charge in [0, 0.05) is 28.2 Å². The minimum Gasteiger partial charge on any atom is -0.361 e. The van der Waals surface area contributed by atoms with Gasteiger partial charge in [-0.15, -0.1) is 11.3 Å². The van der Waals surface area contributed by atoms with Crippen LogP contribution >= 0.6 is 34.5 Å². The van der Waals surface area contributed by atoms with Gasteiger partial charge in [0.1, 0.15) is 0 Å². The van der Waals surface area contributed by atoms with Crippen LogP contribution in [0.1, 0.15) is 23.0 Å². The maximum atomic E-state index is 6.26. The lowest BCUT2D eigenvalue weighted by molar-refractivity contribution is 0.573. The third kappa shape index (κ3) is 2.76. The van der Waals surface area contributed by atoms with E-state index >= 15 is 0 Å². The van der Waals surface area contributed by atoms with Crippen molar-refractivity contribution >= 4 is 40.4 Å². The molecule has 2 heterocycles. The van der Waals surface area contributed by atoms with Gasteiger partial charge in [0.05, 0.1) is 6.04 Å². The van der Waals surface area contributed by atoms with Crippen LogP contribution in [-0.2, 0) is 0 Å². The molecule has 0 aliphatic carbocycles. The maximum Gasteiger partial charge on any atom is 0.158 e. The summed E-state index contributed by atoms with van der Waals surface area (Å²) in [5, 5.41) is 7.59. The summed E-state index contributed by atoms with van der Waals surface area (Å²) in [6.07, 6.45) is 2.69. The Morgan fingerprint density at radius 3 is 2.95 bits per heavy atom. The molecule has 6 heteroatoms. The zero-order valence-corrected chi connectivity index (χ0v) is 12.3. The lowest BCUT2D eigenvalue weighted by atomic mass is 10.0. The fourth-order valence-corrected chi connectivity index (χ4v) is 3.22. The van der Waals surface area contributed by atoms with Gasteiger partial charge in [0.2, 0.25) is 0 Å². The summed E-state index contributed by atoms with van der Waals surface area (Å²) in [5.74, 6) is 0.845. The van der Waals surface area contributed by atoms with E-state index in [1.165, 1.54) is 0 Å². The van der Waals surface area contributed by atoms with Crippen LogP contribution in [0.25, 0.3) is 0 Å². The van der Waals surface area contributed by atoms with Crippen molar-refractivity contribution in [3.05, 3.63) is 50.4 Å². The van der Waals surface area contributed by atoms with Crippen molar-refractivity contribution in [2.45, 2.75) is 12.5 Å². The number of thiazole rings is 1. The molecule has 0 bridgehead atoms. The second-order valence-corrected chi connectivity index (χ2v) is 5.96. The second-order valence-electron chi connectivity index (χ2n) is 4.22. The van der Waals surface area contributed by atoms with Crippen LogP contribution in [0.15, 0.2) is 34.8 Å². The van der Waals surface area contributed by atoms with Crippen LogP contribution in [-0.4, -0.2) is 17.4 Å². The molecular weight excluding hydrogens is 301 g/mol. The molecule has 0 radical (unpaired) electrons. The third-order valence-corrected chi connectivity index (χ3v) is 4.31. The van der Waals surface area contributed by atoms with Crippen molar-refractivity contribution < 1.29 is 0 Å². The normalized spacial score (nSPS) is 18.8. The number of nitrogens with one attached hydrogen (secondary N) is 1. The summed E-state index contributed by atoms with van der Waals surface area (Å²) in [6.45, 7) is 0.769. The van der Waals surface area contributed by atoms with E-state index in [0.29, 0.717) is 10.0 Å². The Morgan fingerprint density at radius 2 is 2.21 bits per heavy atom. The summed E-state index contributed by atoms with van der Waals surface area (Å²) >= 11 is 13.8. The highest BCUT2D eigenvalue weighted by atomic mass is 35.5. The summed E-state index contributed by atoms with van der Waals surface area (Å²) in [5.41, 5.74) is 1.05. The van der Waals surface area contributed by atoms with Crippen molar-refractivity contribution in [1.82, 2.24) is 10.3 Å². The van der Waals surface area contributed by atoms with Gasteiger partial charge in [-0.2, -0.15) is 0 Å². The van der Waals surface area contributed by atoms with Gasteiger partial charge in [-0.05, 0) is 24.1 Å². The molecule has 3 nitrogen and oxygen atoms in total. The summed E-state index contributed by atoms with van der Waals surface area (Å²) in [7, 11) is 0. The van der Waals surface area contributed by atoms with Gasteiger partial charge in [0.25, 0.3) is 0 Å². The first-order valence-electron chi connectivity index (χ1n) is 5.90. The van der Waals surface area contributed by atoms with Crippen LogP contribution in [0, 0.1) is 0 Å². The minimum absolute atomic E-state index is 0.154. The molecule has 0 spiro atoms. The Hall–Kier alpha value is -1.10. The van der Waals surface area contributed by atoms with Crippen molar-refractivity contribution in [3.63, 3.8) is 0 Å². The number of rotatable bonds is 2. The molecule has 2 aromatic rings. The van der Waals surface area contributed by atoms with Crippen LogP contribution in [0.4, 0.5) is 0 Å². The SMILES string of the molecule is Clc1ccc([C@H]2CCN=C(c3nccs3)N2)c(Cl)c1. The van der Waals surface area contributed by atoms with Crippen LogP contribution < -0.4 is 5.32 Å². The molecule has 0 amide bonds. The molecular formula is C13H11Cl2N3S. The van der Waals surface area contributed by atoms with Gasteiger partial charge >= 0.3 is 0 Å². The van der Waals surface area contributed by atoms with Gasteiger partial charge in [-0.25, -0.2) is 4.98 Å². The molecule has 1 aromatic heterocycles. The smallest absolute Gasteiger partial charge is 0.158 e. The van der Waals surface area contributed by atoms with Gasteiger partial charge < -0.3 is 5.32 Å². The Balaban J connectivity index is 1.86. The van der Waals surface area contributed by atoms with Gasteiger partial charge in [-0.3, -0.25) is 4.99 Å². The topological polar surface area (TPSA) is 37.3 Å². The van der Waals surface area contributed by atoms with E-state index in [4.69, 9.17) is 23.2 Å². The lowest BCUT2D eigenvalue weighted by Crippen LogP contribution is -2.33. The zero-order valence-electron chi connectivity index (χ0n) is 9.94. The molecule has 19 heavy (non-hydrogen) atoms. The molecule has 1 atom stereocenters. The van der Waals surface area contributed by atoms with Crippen molar-refractivity contribution in [2.24, 2.45) is 4.99 Å². The molecule has 1 aliphatic heterocycles. The standard InChI is InChI=1S/C13H11Cl2N3S/c14-8-1-2-9(10(15)7-8)11-3-4-16-12(18-11)13-17-5-6-19-13/h1-2,5-7,11H,3-4H2,(H,16,18)/t11-/m1/s1. The third-order valence-electron chi connectivity index (χ3n) is 2.97. The van der Waals surface area contributed by atoms with E-state index < -0.39 is 0 Å². The molecule has 1 aromatic carbocycles. The molecule has 0 saturated carbocycles. The van der Waals surface area contributed by atoms with Crippen molar-refractivity contribution in [1.29, 1.82) is 0 Å².